The Bertz CT molecular complexity index is 735. The second-order valence-electron chi connectivity index (χ2n) is 7.54. The van der Waals surface area contributed by atoms with E-state index in [1.165, 1.54) is 11.3 Å². The SMILES string of the molecule is CC(C)CNC(=O)c1ccc(CN2CCN(c3ccc(Cl)cc3)CC2)cc1. The van der Waals surface area contributed by atoms with Crippen LogP contribution in [0.1, 0.15) is 29.8 Å². The summed E-state index contributed by atoms with van der Waals surface area (Å²) in [7, 11) is 0. The molecule has 1 aliphatic heterocycles. The Balaban J connectivity index is 1.48. The maximum absolute atomic E-state index is 12.1. The van der Waals surface area contributed by atoms with Crippen molar-refractivity contribution in [2.75, 3.05) is 37.6 Å². The Labute approximate surface area is 167 Å². The van der Waals surface area contributed by atoms with Gasteiger partial charge in [0.1, 0.15) is 0 Å². The molecule has 0 radical (unpaired) electrons. The number of piperazine rings is 1. The number of halogens is 1. The quantitative estimate of drug-likeness (QED) is 0.814. The Morgan fingerprint density at radius 3 is 2.22 bits per heavy atom. The van der Waals surface area contributed by atoms with Crippen molar-refractivity contribution in [1.82, 2.24) is 10.2 Å². The van der Waals surface area contributed by atoms with Crippen molar-refractivity contribution in [3.63, 3.8) is 0 Å². The van der Waals surface area contributed by atoms with Crippen LogP contribution in [0.25, 0.3) is 0 Å². The van der Waals surface area contributed by atoms with Gasteiger partial charge in [-0.15, -0.1) is 0 Å². The van der Waals surface area contributed by atoms with Crippen molar-refractivity contribution in [3.05, 3.63) is 64.7 Å². The number of hydrogen-bond donors (Lipinski definition) is 1. The fourth-order valence-corrected chi connectivity index (χ4v) is 3.36. The first-order valence-corrected chi connectivity index (χ1v) is 9.99. The van der Waals surface area contributed by atoms with E-state index in [4.69, 9.17) is 11.6 Å². The number of nitrogens with zero attached hydrogens (tertiary/aromatic N) is 2. The van der Waals surface area contributed by atoms with Gasteiger partial charge in [0.15, 0.2) is 0 Å². The predicted octanol–water partition coefficient (Wildman–Crippen LogP) is 4.05. The van der Waals surface area contributed by atoms with Gasteiger partial charge in [-0.2, -0.15) is 0 Å². The van der Waals surface area contributed by atoms with Gasteiger partial charge in [0.05, 0.1) is 0 Å². The van der Waals surface area contributed by atoms with Crippen molar-refractivity contribution in [3.8, 4) is 0 Å². The summed E-state index contributed by atoms with van der Waals surface area (Å²) in [5.41, 5.74) is 3.21. The summed E-state index contributed by atoms with van der Waals surface area (Å²) in [4.78, 5) is 17.0. The van der Waals surface area contributed by atoms with Gasteiger partial charge in [-0.3, -0.25) is 9.69 Å². The number of benzene rings is 2. The molecule has 0 atom stereocenters. The van der Waals surface area contributed by atoms with Gasteiger partial charge in [-0.25, -0.2) is 0 Å². The number of hydrogen-bond acceptors (Lipinski definition) is 3. The molecule has 0 spiro atoms. The molecule has 2 aromatic rings. The van der Waals surface area contributed by atoms with Crippen molar-refractivity contribution in [2.24, 2.45) is 5.92 Å². The molecule has 1 N–H and O–H groups in total. The third-order valence-electron chi connectivity index (χ3n) is 4.86. The molecule has 27 heavy (non-hydrogen) atoms. The van der Waals surface area contributed by atoms with E-state index in [0.717, 1.165) is 43.3 Å². The summed E-state index contributed by atoms with van der Waals surface area (Å²) in [6.07, 6.45) is 0. The van der Waals surface area contributed by atoms with E-state index >= 15 is 0 Å². The third kappa shape index (κ3) is 5.72. The molecule has 144 valence electrons. The molecule has 0 saturated carbocycles. The second-order valence-corrected chi connectivity index (χ2v) is 7.98. The Hall–Kier alpha value is -2.04. The number of anilines is 1. The average molecular weight is 386 g/mol. The molecule has 4 nitrogen and oxygen atoms in total. The topological polar surface area (TPSA) is 35.6 Å². The fraction of sp³-hybridized carbons (Fsp3) is 0.409. The Kier molecular flexibility index (Phi) is 6.75. The van der Waals surface area contributed by atoms with Crippen LogP contribution in [-0.2, 0) is 6.54 Å². The minimum absolute atomic E-state index is 0.00632. The van der Waals surface area contributed by atoms with Crippen LogP contribution in [0.15, 0.2) is 48.5 Å². The molecule has 5 heteroatoms. The van der Waals surface area contributed by atoms with Gasteiger partial charge in [0.25, 0.3) is 5.91 Å². The molecular weight excluding hydrogens is 358 g/mol. The molecule has 3 rings (SSSR count). The third-order valence-corrected chi connectivity index (χ3v) is 5.11. The van der Waals surface area contributed by atoms with Crippen LogP contribution < -0.4 is 10.2 Å². The maximum Gasteiger partial charge on any atom is 0.251 e. The van der Waals surface area contributed by atoms with E-state index in [-0.39, 0.29) is 5.91 Å². The van der Waals surface area contributed by atoms with Gasteiger partial charge in [0.2, 0.25) is 0 Å². The second kappa shape index (κ2) is 9.25. The molecule has 1 amide bonds. The van der Waals surface area contributed by atoms with Crippen molar-refractivity contribution in [2.45, 2.75) is 20.4 Å². The maximum atomic E-state index is 12.1. The summed E-state index contributed by atoms with van der Waals surface area (Å²) >= 11 is 5.97. The summed E-state index contributed by atoms with van der Waals surface area (Å²) in [6.45, 7) is 9.89. The monoisotopic (exact) mass is 385 g/mol. The Morgan fingerprint density at radius 2 is 1.63 bits per heavy atom. The summed E-state index contributed by atoms with van der Waals surface area (Å²) < 4.78 is 0. The lowest BCUT2D eigenvalue weighted by Crippen LogP contribution is -2.45. The number of carbonyl (C=O) groups is 1. The van der Waals surface area contributed by atoms with Gasteiger partial charge >= 0.3 is 0 Å². The summed E-state index contributed by atoms with van der Waals surface area (Å²) in [6, 6.07) is 16.0. The average Bonchev–Trinajstić information content (AvgIpc) is 2.68. The first-order chi connectivity index (χ1) is 13.0. The fourth-order valence-electron chi connectivity index (χ4n) is 3.23. The lowest BCUT2D eigenvalue weighted by Gasteiger charge is -2.36. The lowest BCUT2D eigenvalue weighted by molar-refractivity contribution is 0.0949. The van der Waals surface area contributed by atoms with Crippen LogP contribution in [0, 0.1) is 5.92 Å². The minimum atomic E-state index is 0.00632. The zero-order valence-corrected chi connectivity index (χ0v) is 16.9. The molecule has 1 fully saturated rings. The minimum Gasteiger partial charge on any atom is -0.369 e. The van der Waals surface area contributed by atoms with Crippen LogP contribution in [0.5, 0.6) is 0 Å². The molecule has 0 unspecified atom stereocenters. The number of carbonyl (C=O) groups excluding carboxylic acids is 1. The molecule has 0 aliphatic carbocycles. The predicted molar refractivity (Wildman–Crippen MR) is 113 cm³/mol. The zero-order valence-electron chi connectivity index (χ0n) is 16.1. The van der Waals surface area contributed by atoms with Gasteiger partial charge < -0.3 is 10.2 Å². The number of rotatable bonds is 6. The van der Waals surface area contributed by atoms with E-state index in [0.29, 0.717) is 12.5 Å². The van der Waals surface area contributed by atoms with Gasteiger partial charge in [-0.1, -0.05) is 37.6 Å². The van der Waals surface area contributed by atoms with Crippen LogP contribution in [0.3, 0.4) is 0 Å². The lowest BCUT2D eigenvalue weighted by atomic mass is 10.1. The molecule has 0 bridgehead atoms. The number of amides is 1. The zero-order chi connectivity index (χ0) is 19.2. The normalized spacial score (nSPS) is 15.2. The highest BCUT2D eigenvalue weighted by molar-refractivity contribution is 6.30. The van der Waals surface area contributed by atoms with E-state index in [9.17, 15) is 4.79 Å². The van der Waals surface area contributed by atoms with Crippen LogP contribution >= 0.6 is 11.6 Å². The number of nitrogens with one attached hydrogen (secondary N) is 1. The first kappa shape index (κ1) is 19.7. The van der Waals surface area contributed by atoms with Crippen molar-refractivity contribution in [1.29, 1.82) is 0 Å². The van der Waals surface area contributed by atoms with Crippen LogP contribution in [-0.4, -0.2) is 43.5 Å². The smallest absolute Gasteiger partial charge is 0.251 e. The highest BCUT2D eigenvalue weighted by Gasteiger charge is 2.17. The van der Waals surface area contributed by atoms with Crippen molar-refractivity contribution < 1.29 is 4.79 Å². The van der Waals surface area contributed by atoms with Crippen molar-refractivity contribution >= 4 is 23.2 Å². The first-order valence-electron chi connectivity index (χ1n) is 9.61. The van der Waals surface area contributed by atoms with Gasteiger partial charge in [0, 0.05) is 55.5 Å². The van der Waals surface area contributed by atoms with Gasteiger partial charge in [-0.05, 0) is 47.9 Å². The molecule has 0 aromatic heterocycles. The Morgan fingerprint density at radius 1 is 1.00 bits per heavy atom. The summed E-state index contributed by atoms with van der Waals surface area (Å²) in [5.74, 6) is 0.464. The molecule has 1 heterocycles. The van der Waals surface area contributed by atoms with Crippen LogP contribution in [0.4, 0.5) is 5.69 Å². The van der Waals surface area contributed by atoms with E-state index < -0.39 is 0 Å². The standard InChI is InChI=1S/C22H28ClN3O/c1-17(2)15-24-22(27)19-5-3-18(4-6-19)16-25-11-13-26(14-12-25)21-9-7-20(23)8-10-21/h3-10,17H,11-16H2,1-2H3,(H,24,27). The van der Waals surface area contributed by atoms with E-state index in [2.05, 4.69) is 53.2 Å². The molecule has 1 aliphatic rings. The molecule has 1 saturated heterocycles. The highest BCUT2D eigenvalue weighted by Crippen LogP contribution is 2.20. The van der Waals surface area contributed by atoms with E-state index in [1.54, 1.807) is 0 Å². The highest BCUT2D eigenvalue weighted by atomic mass is 35.5. The van der Waals surface area contributed by atoms with Crippen LogP contribution in [0.2, 0.25) is 5.02 Å². The largest absolute Gasteiger partial charge is 0.369 e. The summed E-state index contributed by atoms with van der Waals surface area (Å²) in [5, 5.41) is 3.74. The molecule has 2 aromatic carbocycles. The van der Waals surface area contributed by atoms with E-state index in [1.807, 2.05) is 24.3 Å². The molecular formula is C22H28ClN3O.